The second kappa shape index (κ2) is 9.89. The highest BCUT2D eigenvalue weighted by Gasteiger charge is 2.47. The Hall–Kier alpha value is -4.27. The number of aromatic nitrogens is 3. The molecule has 2 saturated carbocycles. The molecule has 2 atom stereocenters. The number of nitrogens with zero attached hydrogens (tertiary/aromatic N) is 5. The third-order valence-corrected chi connectivity index (χ3v) is 9.03. The fourth-order valence-corrected chi connectivity index (χ4v) is 6.71. The Morgan fingerprint density at radius 3 is 2.49 bits per heavy atom. The molecule has 2 bridgehead atoms. The lowest BCUT2D eigenvalue weighted by Gasteiger charge is -2.26. The summed E-state index contributed by atoms with van der Waals surface area (Å²) in [6.07, 6.45) is 5.35. The van der Waals surface area contributed by atoms with E-state index in [4.69, 9.17) is 9.84 Å². The summed E-state index contributed by atoms with van der Waals surface area (Å²) < 4.78 is 9.53. The van der Waals surface area contributed by atoms with Crippen molar-refractivity contribution in [2.24, 2.45) is 16.8 Å². The van der Waals surface area contributed by atoms with Gasteiger partial charge in [0.1, 0.15) is 11.3 Å². The standard InChI is InChI=1S/C34H37N5O4/c1-19-26-12-11-25(32(41)38-17-24-10-13-27(38)31(24)35-33(42)43-34(3,4)5)18-39(26)36-30(19)29-15-23-9-8-22(20(2)40)14-28(23)37(29)16-21-6-7-21/h8-9,11-12,14-15,18,21,24,27H,6-7,10,13,16-17H2,1-5H3/b35-31+. The highest BCUT2D eigenvalue weighted by molar-refractivity contribution is 6.06. The molecule has 222 valence electrons. The molecule has 0 spiro atoms. The molecule has 4 aromatic rings. The van der Waals surface area contributed by atoms with Gasteiger partial charge in [-0.05, 0) is 90.5 Å². The van der Waals surface area contributed by atoms with Crippen LogP contribution in [0.15, 0.2) is 47.6 Å². The number of carbonyl (C=O) groups excluding carboxylic acids is 3. The Morgan fingerprint density at radius 1 is 1.00 bits per heavy atom. The second-order valence-corrected chi connectivity index (χ2v) is 13.4. The lowest BCUT2D eigenvalue weighted by molar-refractivity contribution is 0.0600. The van der Waals surface area contributed by atoms with E-state index in [2.05, 4.69) is 22.5 Å². The van der Waals surface area contributed by atoms with Gasteiger partial charge in [-0.2, -0.15) is 10.1 Å². The lowest BCUT2D eigenvalue weighted by Crippen LogP contribution is -2.39. The zero-order valence-corrected chi connectivity index (χ0v) is 25.4. The van der Waals surface area contributed by atoms with Crippen LogP contribution in [0, 0.1) is 18.8 Å². The first-order valence-electron chi connectivity index (χ1n) is 15.2. The van der Waals surface area contributed by atoms with Crippen molar-refractivity contribution in [1.29, 1.82) is 0 Å². The van der Waals surface area contributed by atoms with E-state index >= 15 is 0 Å². The molecular weight excluding hydrogens is 542 g/mol. The molecule has 9 heteroatoms. The van der Waals surface area contributed by atoms with Gasteiger partial charge in [0.25, 0.3) is 5.91 Å². The number of aliphatic imine (C=N–C) groups is 1. The summed E-state index contributed by atoms with van der Waals surface area (Å²) in [4.78, 5) is 44.5. The molecule has 1 saturated heterocycles. The zero-order chi connectivity index (χ0) is 30.2. The summed E-state index contributed by atoms with van der Waals surface area (Å²) in [5, 5.41) is 6.09. The van der Waals surface area contributed by atoms with E-state index in [1.54, 1.807) is 6.92 Å². The number of ether oxygens (including phenoxy) is 1. The summed E-state index contributed by atoms with van der Waals surface area (Å²) in [5.74, 6) is 0.690. The Labute approximate surface area is 250 Å². The smallest absolute Gasteiger partial charge is 0.434 e. The third kappa shape index (κ3) is 4.94. The highest BCUT2D eigenvalue weighted by Crippen LogP contribution is 2.39. The Balaban J connectivity index is 1.21. The van der Waals surface area contributed by atoms with E-state index in [-0.39, 0.29) is 23.7 Å². The monoisotopic (exact) mass is 579 g/mol. The van der Waals surface area contributed by atoms with Gasteiger partial charge >= 0.3 is 6.09 Å². The third-order valence-electron chi connectivity index (χ3n) is 9.03. The van der Waals surface area contributed by atoms with Crippen LogP contribution in [0.4, 0.5) is 4.79 Å². The number of carbonyl (C=O) groups is 3. The van der Waals surface area contributed by atoms with Crippen LogP contribution < -0.4 is 0 Å². The summed E-state index contributed by atoms with van der Waals surface area (Å²) >= 11 is 0. The van der Waals surface area contributed by atoms with Crippen LogP contribution in [0.1, 0.15) is 79.7 Å². The minimum atomic E-state index is -0.617. The number of Topliss-reactive ketones (excluding diaryl/α,β-unsaturated/α-hetero) is 1. The van der Waals surface area contributed by atoms with Crippen molar-refractivity contribution in [3.63, 3.8) is 0 Å². The number of piperidine rings is 1. The van der Waals surface area contributed by atoms with E-state index < -0.39 is 11.7 Å². The highest BCUT2D eigenvalue weighted by atomic mass is 16.6. The maximum Gasteiger partial charge on any atom is 0.434 e. The number of ketones is 1. The fourth-order valence-electron chi connectivity index (χ4n) is 6.71. The number of benzene rings is 1. The van der Waals surface area contributed by atoms with E-state index in [0.29, 0.717) is 23.6 Å². The Morgan fingerprint density at radius 2 is 1.77 bits per heavy atom. The molecule has 0 radical (unpaired) electrons. The van der Waals surface area contributed by atoms with Crippen molar-refractivity contribution in [2.75, 3.05) is 6.54 Å². The molecule has 0 N–H and O–H groups in total. The van der Waals surface area contributed by atoms with Crippen LogP contribution >= 0.6 is 0 Å². The van der Waals surface area contributed by atoms with Crippen molar-refractivity contribution in [1.82, 2.24) is 19.1 Å². The SMILES string of the molecule is CC(=O)c1ccc2cc(-c3nn4cc(C(=O)N5CC6CCC5/C6=N/C(=O)OC(C)(C)C)ccc4c3C)n(CC3CC3)c2c1. The number of hydrogen-bond acceptors (Lipinski definition) is 5. The minimum Gasteiger partial charge on any atom is -0.442 e. The molecule has 2 unspecified atom stereocenters. The number of rotatable bonds is 5. The first-order valence-corrected chi connectivity index (χ1v) is 15.2. The summed E-state index contributed by atoms with van der Waals surface area (Å²) in [6.45, 7) is 10.6. The summed E-state index contributed by atoms with van der Waals surface area (Å²) in [6, 6.07) is 11.7. The molecule has 9 nitrogen and oxygen atoms in total. The molecule has 3 aliphatic rings. The van der Waals surface area contributed by atoms with Crippen molar-refractivity contribution >= 4 is 39.9 Å². The molecule has 3 fully saturated rings. The van der Waals surface area contributed by atoms with Gasteiger partial charge in [-0.15, -0.1) is 0 Å². The number of likely N-dealkylation sites (tertiary alicyclic amines) is 1. The van der Waals surface area contributed by atoms with Gasteiger partial charge in [-0.25, -0.2) is 9.31 Å². The molecule has 1 aliphatic heterocycles. The van der Waals surface area contributed by atoms with Crippen LogP contribution in [0.25, 0.3) is 27.8 Å². The molecule has 3 aromatic heterocycles. The van der Waals surface area contributed by atoms with Crippen molar-refractivity contribution in [3.05, 3.63) is 59.3 Å². The summed E-state index contributed by atoms with van der Waals surface area (Å²) in [5.41, 5.74) is 6.33. The van der Waals surface area contributed by atoms with Crippen LogP contribution in [0.2, 0.25) is 0 Å². The van der Waals surface area contributed by atoms with Crippen molar-refractivity contribution in [2.45, 2.75) is 78.5 Å². The zero-order valence-electron chi connectivity index (χ0n) is 25.4. The van der Waals surface area contributed by atoms with Gasteiger partial charge in [0.05, 0.1) is 28.5 Å². The second-order valence-electron chi connectivity index (χ2n) is 13.4. The van der Waals surface area contributed by atoms with Crippen LogP contribution in [0.5, 0.6) is 0 Å². The van der Waals surface area contributed by atoms with Crippen molar-refractivity contribution < 1.29 is 19.1 Å². The molecule has 4 heterocycles. The quantitative estimate of drug-likeness (QED) is 0.252. The van der Waals surface area contributed by atoms with Gasteiger partial charge < -0.3 is 14.2 Å². The average molecular weight is 580 g/mol. The van der Waals surface area contributed by atoms with Gasteiger partial charge in [-0.3, -0.25) is 9.59 Å². The van der Waals surface area contributed by atoms with E-state index in [1.165, 1.54) is 12.8 Å². The first kappa shape index (κ1) is 27.6. The Bertz CT molecular complexity index is 1850. The molecule has 1 aromatic carbocycles. The molecular formula is C34H37N5O4. The lowest BCUT2D eigenvalue weighted by atomic mass is 10.1. The van der Waals surface area contributed by atoms with Crippen LogP contribution in [-0.2, 0) is 11.3 Å². The minimum absolute atomic E-state index is 0.0539. The molecule has 2 aliphatic carbocycles. The number of amides is 2. The fraction of sp³-hybridized carbons (Fsp3) is 0.441. The number of fused-ring (bicyclic) bond motifs is 4. The number of hydrogen-bond donors (Lipinski definition) is 0. The molecule has 7 rings (SSSR count). The van der Waals surface area contributed by atoms with Gasteiger partial charge in [-0.1, -0.05) is 12.1 Å². The van der Waals surface area contributed by atoms with Crippen molar-refractivity contribution in [3.8, 4) is 11.4 Å². The van der Waals surface area contributed by atoms with E-state index in [1.807, 2.05) is 66.7 Å². The summed E-state index contributed by atoms with van der Waals surface area (Å²) in [7, 11) is 0. The van der Waals surface area contributed by atoms with Gasteiger partial charge in [0.15, 0.2) is 5.78 Å². The average Bonchev–Trinajstić information content (AvgIpc) is 3.31. The van der Waals surface area contributed by atoms with Gasteiger partial charge in [0.2, 0.25) is 0 Å². The molecule has 2 amide bonds. The van der Waals surface area contributed by atoms with E-state index in [9.17, 15) is 14.4 Å². The first-order chi connectivity index (χ1) is 20.5. The Kier molecular flexibility index (Phi) is 6.34. The van der Waals surface area contributed by atoms with Crippen LogP contribution in [-0.4, -0.2) is 60.8 Å². The maximum absolute atomic E-state index is 13.8. The molecule has 43 heavy (non-hydrogen) atoms. The largest absolute Gasteiger partial charge is 0.442 e. The normalized spacial score (nSPS) is 21.0. The van der Waals surface area contributed by atoms with Crippen LogP contribution in [0.3, 0.4) is 0 Å². The maximum atomic E-state index is 13.8. The number of aryl methyl sites for hydroxylation is 1. The predicted octanol–water partition coefficient (Wildman–Crippen LogP) is 6.49. The predicted molar refractivity (Wildman–Crippen MR) is 165 cm³/mol. The topological polar surface area (TPSA) is 98.3 Å². The van der Waals surface area contributed by atoms with E-state index in [0.717, 1.165) is 58.5 Å². The van der Waals surface area contributed by atoms with Gasteiger partial charge in [0, 0.05) is 47.2 Å². The number of pyridine rings is 1.